The van der Waals surface area contributed by atoms with E-state index in [1.165, 1.54) is 18.5 Å². The first-order chi connectivity index (χ1) is 9.09. The summed E-state index contributed by atoms with van der Waals surface area (Å²) >= 11 is 0. The van der Waals surface area contributed by atoms with Gasteiger partial charge in [-0.1, -0.05) is 6.07 Å². The average molecular weight is 268 g/mol. The third kappa shape index (κ3) is 3.67. The smallest absolute Gasteiger partial charge is 0.159 e. The number of hydrogen-bond acceptors (Lipinski definition) is 3. The first kappa shape index (κ1) is 15.4. The summed E-state index contributed by atoms with van der Waals surface area (Å²) in [7, 11) is 0. The molecule has 19 heavy (non-hydrogen) atoms. The Labute approximate surface area is 111 Å². The SMILES string of the molecule is N=CCCC(CC=N)(CCO)c1ccc(F)c(F)c1. The molecule has 3 nitrogen and oxygen atoms in total. The van der Waals surface area contributed by atoms with Gasteiger partial charge in [-0.05, 0) is 55.8 Å². The minimum atomic E-state index is -0.931. The fourth-order valence-electron chi connectivity index (χ4n) is 2.32. The number of rotatable bonds is 8. The maximum Gasteiger partial charge on any atom is 0.159 e. The van der Waals surface area contributed by atoms with E-state index in [0.717, 1.165) is 12.1 Å². The van der Waals surface area contributed by atoms with Crippen LogP contribution in [-0.2, 0) is 5.41 Å². The second-order valence-electron chi connectivity index (χ2n) is 4.53. The zero-order valence-electron chi connectivity index (χ0n) is 10.6. The number of aliphatic hydroxyl groups excluding tert-OH is 1. The lowest BCUT2D eigenvalue weighted by atomic mass is 9.72. The van der Waals surface area contributed by atoms with E-state index < -0.39 is 17.0 Å². The minimum Gasteiger partial charge on any atom is -0.396 e. The van der Waals surface area contributed by atoms with Crippen molar-refractivity contribution in [1.29, 1.82) is 10.8 Å². The van der Waals surface area contributed by atoms with Crippen LogP contribution < -0.4 is 0 Å². The first-order valence-electron chi connectivity index (χ1n) is 6.14. The fraction of sp³-hybridized carbons (Fsp3) is 0.429. The third-order valence-electron chi connectivity index (χ3n) is 3.38. The molecule has 1 rings (SSSR count). The van der Waals surface area contributed by atoms with Gasteiger partial charge in [0.05, 0.1) is 0 Å². The average Bonchev–Trinajstić information content (AvgIpc) is 2.39. The molecule has 0 aliphatic carbocycles. The predicted molar refractivity (Wildman–Crippen MR) is 71.2 cm³/mol. The second-order valence-corrected chi connectivity index (χ2v) is 4.53. The van der Waals surface area contributed by atoms with Crippen LogP contribution in [0.15, 0.2) is 18.2 Å². The Morgan fingerprint density at radius 2 is 1.84 bits per heavy atom. The van der Waals surface area contributed by atoms with Crippen LogP contribution in [0.3, 0.4) is 0 Å². The van der Waals surface area contributed by atoms with Crippen molar-refractivity contribution in [3.63, 3.8) is 0 Å². The lowest BCUT2D eigenvalue weighted by molar-refractivity contribution is 0.233. The van der Waals surface area contributed by atoms with E-state index >= 15 is 0 Å². The van der Waals surface area contributed by atoms with Crippen molar-refractivity contribution in [3.8, 4) is 0 Å². The fourth-order valence-corrected chi connectivity index (χ4v) is 2.32. The monoisotopic (exact) mass is 268 g/mol. The van der Waals surface area contributed by atoms with Gasteiger partial charge in [-0.15, -0.1) is 0 Å². The standard InChI is InChI=1S/C14H18F2N2O/c15-12-3-2-11(10-13(12)16)14(5-8-18,6-9-19)4-1-7-17/h2-3,7-8,10,17-19H,1,4-6,9H2. The molecule has 3 N–H and O–H groups in total. The highest BCUT2D eigenvalue weighted by Crippen LogP contribution is 2.36. The van der Waals surface area contributed by atoms with Crippen LogP contribution in [0.25, 0.3) is 0 Å². The Morgan fingerprint density at radius 1 is 1.11 bits per heavy atom. The third-order valence-corrected chi connectivity index (χ3v) is 3.38. The van der Waals surface area contributed by atoms with Crippen molar-refractivity contribution >= 4 is 12.4 Å². The van der Waals surface area contributed by atoms with Gasteiger partial charge in [0.25, 0.3) is 0 Å². The van der Waals surface area contributed by atoms with Crippen molar-refractivity contribution in [2.45, 2.75) is 31.1 Å². The van der Waals surface area contributed by atoms with Crippen LogP contribution in [0, 0.1) is 22.5 Å². The topological polar surface area (TPSA) is 67.9 Å². The normalized spacial score (nSPS) is 13.8. The second kappa shape index (κ2) is 7.09. The molecule has 0 radical (unpaired) electrons. The largest absolute Gasteiger partial charge is 0.396 e. The van der Waals surface area contributed by atoms with Gasteiger partial charge in [0, 0.05) is 12.0 Å². The molecule has 0 aromatic heterocycles. The summed E-state index contributed by atoms with van der Waals surface area (Å²) < 4.78 is 26.4. The highest BCUT2D eigenvalue weighted by molar-refractivity contribution is 5.58. The van der Waals surface area contributed by atoms with Gasteiger partial charge >= 0.3 is 0 Å². The minimum absolute atomic E-state index is 0.106. The van der Waals surface area contributed by atoms with Crippen LogP contribution in [-0.4, -0.2) is 24.1 Å². The molecule has 0 saturated heterocycles. The van der Waals surface area contributed by atoms with Crippen molar-refractivity contribution in [3.05, 3.63) is 35.4 Å². The molecule has 5 heteroatoms. The van der Waals surface area contributed by atoms with Gasteiger partial charge in [-0.25, -0.2) is 8.78 Å². The maximum absolute atomic E-state index is 13.4. The Morgan fingerprint density at radius 3 is 2.37 bits per heavy atom. The van der Waals surface area contributed by atoms with Gasteiger partial charge < -0.3 is 15.9 Å². The predicted octanol–water partition coefficient (Wildman–Crippen LogP) is 3.05. The number of hydrogen-bond donors (Lipinski definition) is 3. The van der Waals surface area contributed by atoms with E-state index in [0.29, 0.717) is 31.2 Å². The Hall–Kier alpha value is -1.62. The van der Waals surface area contributed by atoms with E-state index in [-0.39, 0.29) is 6.61 Å². The summed E-state index contributed by atoms with van der Waals surface area (Å²) in [5, 5.41) is 23.6. The van der Waals surface area contributed by atoms with Crippen LogP contribution in [0.5, 0.6) is 0 Å². The highest BCUT2D eigenvalue weighted by Gasteiger charge is 2.31. The quantitative estimate of drug-likeness (QED) is 0.623. The molecule has 0 bridgehead atoms. The summed E-state index contributed by atoms with van der Waals surface area (Å²) in [5.74, 6) is -1.84. The lowest BCUT2D eigenvalue weighted by Crippen LogP contribution is -2.28. The van der Waals surface area contributed by atoms with Crippen LogP contribution in [0.2, 0.25) is 0 Å². The first-order valence-corrected chi connectivity index (χ1v) is 6.14. The molecule has 0 fully saturated rings. The molecule has 0 saturated carbocycles. The summed E-state index contributed by atoms with van der Waals surface area (Å²) in [6.45, 7) is -0.106. The summed E-state index contributed by atoms with van der Waals surface area (Å²) in [5.41, 5.74) is -0.0615. The highest BCUT2D eigenvalue weighted by atomic mass is 19.2. The molecule has 104 valence electrons. The van der Waals surface area contributed by atoms with Crippen LogP contribution in [0.4, 0.5) is 8.78 Å². The summed E-state index contributed by atoms with van der Waals surface area (Å²) in [4.78, 5) is 0. The van der Waals surface area contributed by atoms with E-state index in [1.807, 2.05) is 0 Å². The Balaban J connectivity index is 3.20. The molecular formula is C14H18F2N2O. The number of aliphatic hydroxyl groups is 1. The van der Waals surface area contributed by atoms with Gasteiger partial charge in [0.1, 0.15) is 0 Å². The zero-order chi connectivity index (χ0) is 14.3. The molecule has 0 heterocycles. The van der Waals surface area contributed by atoms with Crippen molar-refractivity contribution in [2.24, 2.45) is 0 Å². The van der Waals surface area contributed by atoms with Crippen molar-refractivity contribution in [1.82, 2.24) is 0 Å². The molecule has 1 atom stereocenters. The zero-order valence-corrected chi connectivity index (χ0v) is 10.6. The number of halogens is 2. The van der Waals surface area contributed by atoms with Gasteiger partial charge in [-0.2, -0.15) is 0 Å². The van der Waals surface area contributed by atoms with Crippen LogP contribution in [0.1, 0.15) is 31.2 Å². The molecule has 0 aliphatic rings. The van der Waals surface area contributed by atoms with Gasteiger partial charge in [-0.3, -0.25) is 0 Å². The van der Waals surface area contributed by atoms with Gasteiger partial charge in [0.2, 0.25) is 0 Å². The molecule has 0 spiro atoms. The van der Waals surface area contributed by atoms with E-state index in [2.05, 4.69) is 0 Å². The molecule has 1 unspecified atom stereocenters. The number of nitrogens with one attached hydrogen (secondary N) is 2. The van der Waals surface area contributed by atoms with Gasteiger partial charge in [0.15, 0.2) is 11.6 Å². The lowest BCUT2D eigenvalue weighted by Gasteiger charge is -2.32. The molecule has 1 aromatic rings. The van der Waals surface area contributed by atoms with E-state index in [1.54, 1.807) is 0 Å². The Bertz CT molecular complexity index is 451. The summed E-state index contributed by atoms with van der Waals surface area (Å²) in [6.07, 6.45) is 4.11. The van der Waals surface area contributed by atoms with Crippen molar-refractivity contribution < 1.29 is 13.9 Å². The van der Waals surface area contributed by atoms with E-state index in [9.17, 15) is 13.9 Å². The maximum atomic E-state index is 13.4. The summed E-state index contributed by atoms with van der Waals surface area (Å²) in [6, 6.07) is 3.67. The molecule has 0 amide bonds. The van der Waals surface area contributed by atoms with Crippen LogP contribution >= 0.6 is 0 Å². The number of benzene rings is 1. The van der Waals surface area contributed by atoms with E-state index in [4.69, 9.17) is 10.8 Å². The molecular weight excluding hydrogens is 250 g/mol. The van der Waals surface area contributed by atoms with Crippen molar-refractivity contribution in [2.75, 3.05) is 6.61 Å². The Kier molecular flexibility index (Phi) is 5.76. The molecule has 0 aliphatic heterocycles. The molecule has 1 aromatic carbocycles.